The van der Waals surface area contributed by atoms with Crippen molar-refractivity contribution in [2.45, 2.75) is 31.8 Å². The topological polar surface area (TPSA) is 43.4 Å². The molecule has 1 aromatic carbocycles. The highest BCUT2D eigenvalue weighted by molar-refractivity contribution is 7.84. The van der Waals surface area contributed by atoms with Crippen molar-refractivity contribution in [3.05, 3.63) is 35.4 Å². The number of esters is 1. The lowest BCUT2D eigenvalue weighted by Gasteiger charge is -2.17. The fourth-order valence-corrected chi connectivity index (χ4v) is 3.12. The van der Waals surface area contributed by atoms with E-state index in [2.05, 4.69) is 4.74 Å². The minimum atomic E-state index is -1.08. The van der Waals surface area contributed by atoms with Gasteiger partial charge in [-0.3, -0.25) is 9.00 Å². The molecule has 3 nitrogen and oxygen atoms in total. The van der Waals surface area contributed by atoms with Crippen LogP contribution >= 0.6 is 0 Å². The minimum absolute atomic E-state index is 0.211. The van der Waals surface area contributed by atoms with Gasteiger partial charge in [0.2, 0.25) is 0 Å². The molecule has 0 saturated carbocycles. The van der Waals surface area contributed by atoms with Crippen molar-refractivity contribution in [2.75, 3.05) is 7.11 Å². The van der Waals surface area contributed by atoms with E-state index >= 15 is 0 Å². The number of rotatable bonds is 5. The summed E-state index contributed by atoms with van der Waals surface area (Å²) in [4.78, 5) is 11.4. The second-order valence-corrected chi connectivity index (χ2v) is 6.26. The first-order chi connectivity index (χ1) is 8.47. The molecule has 0 radical (unpaired) electrons. The Morgan fingerprint density at radius 1 is 1.33 bits per heavy atom. The lowest BCUT2D eigenvalue weighted by Crippen LogP contribution is -2.28. The van der Waals surface area contributed by atoms with Crippen LogP contribution in [0.2, 0.25) is 0 Å². The van der Waals surface area contributed by atoms with E-state index in [0.29, 0.717) is 5.75 Å². The molecule has 0 bridgehead atoms. The number of aryl methyl sites for hydroxylation is 1. The number of hydrogen-bond donors (Lipinski definition) is 0. The first-order valence-corrected chi connectivity index (χ1v) is 7.35. The van der Waals surface area contributed by atoms with Crippen molar-refractivity contribution in [1.82, 2.24) is 0 Å². The zero-order chi connectivity index (χ0) is 13.7. The summed E-state index contributed by atoms with van der Waals surface area (Å²) in [5.74, 6) is -0.171. The van der Waals surface area contributed by atoms with Gasteiger partial charge < -0.3 is 4.74 Å². The van der Waals surface area contributed by atoms with Gasteiger partial charge >= 0.3 is 5.97 Å². The molecular formula is C14H20O3S. The third-order valence-corrected chi connectivity index (χ3v) is 5.08. The van der Waals surface area contributed by atoms with Crippen LogP contribution in [0.3, 0.4) is 0 Å². The Bertz CT molecular complexity index is 442. The average molecular weight is 268 g/mol. The standard InChI is InChI=1S/C14H20O3S/c1-10-7-5-6-8-13(10)9-18(16)12(3)11(2)14(15)17-4/h5-8,11-12H,9H2,1-4H3. The quantitative estimate of drug-likeness (QED) is 0.770. The van der Waals surface area contributed by atoms with Crippen LogP contribution in [0.15, 0.2) is 24.3 Å². The summed E-state index contributed by atoms with van der Waals surface area (Å²) in [6.45, 7) is 5.59. The van der Waals surface area contributed by atoms with Crippen molar-refractivity contribution in [3.8, 4) is 0 Å². The Hall–Kier alpha value is -1.16. The zero-order valence-electron chi connectivity index (χ0n) is 11.3. The largest absolute Gasteiger partial charge is 0.469 e. The summed E-state index contributed by atoms with van der Waals surface area (Å²) in [7, 11) is 0.278. The van der Waals surface area contributed by atoms with E-state index in [1.807, 2.05) is 38.1 Å². The molecule has 0 aliphatic carbocycles. The van der Waals surface area contributed by atoms with Crippen molar-refractivity contribution in [3.63, 3.8) is 0 Å². The summed E-state index contributed by atoms with van der Waals surface area (Å²) >= 11 is 0. The number of carbonyl (C=O) groups is 1. The summed E-state index contributed by atoms with van der Waals surface area (Å²) in [6.07, 6.45) is 0. The molecule has 0 saturated heterocycles. The van der Waals surface area contributed by atoms with Crippen LogP contribution < -0.4 is 0 Å². The third kappa shape index (κ3) is 3.67. The van der Waals surface area contributed by atoms with Crippen LogP contribution in [0, 0.1) is 12.8 Å². The van der Waals surface area contributed by atoms with Crippen molar-refractivity contribution in [2.24, 2.45) is 5.92 Å². The van der Waals surface area contributed by atoms with E-state index in [0.717, 1.165) is 11.1 Å². The molecule has 100 valence electrons. The van der Waals surface area contributed by atoms with Gasteiger partial charge in [0, 0.05) is 21.8 Å². The van der Waals surface area contributed by atoms with Gasteiger partial charge in [0.15, 0.2) is 0 Å². The summed E-state index contributed by atoms with van der Waals surface area (Å²) in [5, 5.41) is -0.211. The minimum Gasteiger partial charge on any atom is -0.469 e. The molecule has 0 heterocycles. The van der Waals surface area contributed by atoms with E-state index in [1.54, 1.807) is 6.92 Å². The van der Waals surface area contributed by atoms with Crippen molar-refractivity contribution >= 4 is 16.8 Å². The zero-order valence-corrected chi connectivity index (χ0v) is 12.1. The summed E-state index contributed by atoms with van der Waals surface area (Å²) < 4.78 is 16.9. The highest BCUT2D eigenvalue weighted by atomic mass is 32.2. The Morgan fingerprint density at radius 2 is 1.94 bits per heavy atom. The Balaban J connectivity index is 2.71. The predicted molar refractivity (Wildman–Crippen MR) is 73.7 cm³/mol. The molecule has 0 spiro atoms. The fourth-order valence-electron chi connectivity index (χ4n) is 1.66. The van der Waals surface area contributed by atoms with Crippen LogP contribution in [0.4, 0.5) is 0 Å². The SMILES string of the molecule is COC(=O)C(C)C(C)S(=O)Cc1ccccc1C. The molecule has 0 fully saturated rings. The summed E-state index contributed by atoms with van der Waals surface area (Å²) in [5.41, 5.74) is 2.20. The van der Waals surface area contributed by atoms with E-state index in [4.69, 9.17) is 0 Å². The van der Waals surface area contributed by atoms with Crippen LogP contribution in [-0.2, 0) is 26.1 Å². The van der Waals surface area contributed by atoms with E-state index < -0.39 is 10.8 Å². The van der Waals surface area contributed by atoms with E-state index in [9.17, 15) is 9.00 Å². The molecule has 0 amide bonds. The second-order valence-electron chi connectivity index (χ2n) is 4.47. The molecule has 0 aliphatic heterocycles. The maximum Gasteiger partial charge on any atom is 0.309 e. The third-order valence-electron chi connectivity index (χ3n) is 3.25. The molecule has 18 heavy (non-hydrogen) atoms. The molecule has 3 atom stereocenters. The molecule has 4 heteroatoms. The smallest absolute Gasteiger partial charge is 0.309 e. The Labute approximate surface area is 111 Å². The van der Waals surface area contributed by atoms with Gasteiger partial charge in [0.25, 0.3) is 0 Å². The molecule has 0 N–H and O–H groups in total. The Morgan fingerprint density at radius 3 is 2.50 bits per heavy atom. The van der Waals surface area contributed by atoms with Gasteiger partial charge in [-0.1, -0.05) is 31.2 Å². The van der Waals surface area contributed by atoms with Crippen LogP contribution in [0.1, 0.15) is 25.0 Å². The fraction of sp³-hybridized carbons (Fsp3) is 0.500. The molecule has 0 aromatic heterocycles. The lowest BCUT2D eigenvalue weighted by molar-refractivity contribution is -0.144. The van der Waals surface area contributed by atoms with Crippen LogP contribution in [-0.4, -0.2) is 22.5 Å². The van der Waals surface area contributed by atoms with Crippen LogP contribution in [0.5, 0.6) is 0 Å². The first-order valence-electron chi connectivity index (χ1n) is 5.97. The summed E-state index contributed by atoms with van der Waals surface area (Å²) in [6, 6.07) is 7.87. The van der Waals surface area contributed by atoms with Gasteiger partial charge in [-0.15, -0.1) is 0 Å². The van der Waals surface area contributed by atoms with Gasteiger partial charge in [-0.25, -0.2) is 0 Å². The van der Waals surface area contributed by atoms with Gasteiger partial charge in [0.05, 0.1) is 13.0 Å². The van der Waals surface area contributed by atoms with Crippen molar-refractivity contribution in [1.29, 1.82) is 0 Å². The number of carbonyl (C=O) groups excluding carboxylic acids is 1. The maximum atomic E-state index is 12.2. The highest BCUT2D eigenvalue weighted by Crippen LogP contribution is 2.17. The number of hydrogen-bond acceptors (Lipinski definition) is 3. The van der Waals surface area contributed by atoms with Crippen LogP contribution in [0.25, 0.3) is 0 Å². The van der Waals surface area contributed by atoms with Crippen molar-refractivity contribution < 1.29 is 13.7 Å². The molecular weight excluding hydrogens is 248 g/mol. The molecule has 1 rings (SSSR count). The molecule has 3 unspecified atom stereocenters. The monoisotopic (exact) mass is 268 g/mol. The van der Waals surface area contributed by atoms with E-state index in [-0.39, 0.29) is 17.1 Å². The Kier molecular flexibility index (Phi) is 5.54. The number of methoxy groups -OCH3 is 1. The van der Waals surface area contributed by atoms with Gasteiger partial charge in [-0.05, 0) is 25.0 Å². The predicted octanol–water partition coefficient (Wildman–Crippen LogP) is 2.44. The van der Waals surface area contributed by atoms with Gasteiger partial charge in [-0.2, -0.15) is 0 Å². The normalized spacial score (nSPS) is 15.8. The highest BCUT2D eigenvalue weighted by Gasteiger charge is 2.25. The molecule has 0 aliphatic rings. The molecule has 1 aromatic rings. The number of ether oxygens (including phenoxy) is 1. The lowest BCUT2D eigenvalue weighted by atomic mass is 10.1. The van der Waals surface area contributed by atoms with E-state index in [1.165, 1.54) is 7.11 Å². The first kappa shape index (κ1) is 14.9. The second kappa shape index (κ2) is 6.69. The maximum absolute atomic E-state index is 12.2. The average Bonchev–Trinajstić information content (AvgIpc) is 2.38. The number of benzene rings is 1. The van der Waals surface area contributed by atoms with Gasteiger partial charge in [0.1, 0.15) is 0 Å².